The first-order valence-corrected chi connectivity index (χ1v) is 11.6. The van der Waals surface area contributed by atoms with E-state index in [0.29, 0.717) is 42.8 Å². The van der Waals surface area contributed by atoms with E-state index < -0.39 is 28.9 Å². The summed E-state index contributed by atoms with van der Waals surface area (Å²) < 4.78 is 56.1. The summed E-state index contributed by atoms with van der Waals surface area (Å²) in [6.07, 6.45) is 0.558. The summed E-state index contributed by atoms with van der Waals surface area (Å²) in [6.45, 7) is 0.497. The van der Waals surface area contributed by atoms with E-state index in [9.17, 15) is 18.0 Å². The van der Waals surface area contributed by atoms with E-state index in [4.69, 9.17) is 17.3 Å². The molecule has 1 saturated carbocycles. The summed E-state index contributed by atoms with van der Waals surface area (Å²) >= 11 is 6.88. The second-order valence-electron chi connectivity index (χ2n) is 9.54. The molecule has 1 spiro atoms. The van der Waals surface area contributed by atoms with Crippen molar-refractivity contribution in [2.45, 2.75) is 36.9 Å². The van der Waals surface area contributed by atoms with Gasteiger partial charge >= 0.3 is 6.18 Å². The molecule has 3 N–H and O–H groups in total. The SMILES string of the molecule is CN(C)C(=O)c1c(N)ccc(-c2cnc3c(c2Cl)C2(CCC(n4cc(C(F)(F)F)cn4)C2)CN3)c1F. The number of pyridine rings is 1. The molecule has 3 aromatic rings. The monoisotopic (exact) mass is 522 g/mol. The normalized spacial score (nSPS) is 21.0. The molecule has 2 atom stereocenters. The minimum atomic E-state index is -4.46. The number of nitrogens with one attached hydrogen (secondary N) is 1. The maximum atomic E-state index is 15.6. The van der Waals surface area contributed by atoms with Crippen LogP contribution in [0.4, 0.5) is 29.1 Å². The first-order chi connectivity index (χ1) is 16.9. The van der Waals surface area contributed by atoms with Gasteiger partial charge in [0.1, 0.15) is 11.6 Å². The number of halogens is 5. The van der Waals surface area contributed by atoms with Crippen LogP contribution in [-0.2, 0) is 11.6 Å². The topological polar surface area (TPSA) is 89.1 Å². The molecule has 0 radical (unpaired) electrons. The van der Waals surface area contributed by atoms with Crippen molar-refractivity contribution in [2.75, 3.05) is 31.7 Å². The molecule has 1 fully saturated rings. The van der Waals surface area contributed by atoms with Crippen molar-refractivity contribution in [2.24, 2.45) is 0 Å². The van der Waals surface area contributed by atoms with Gasteiger partial charge in [-0.2, -0.15) is 18.3 Å². The number of fused-ring (bicyclic) bond motifs is 2. The predicted molar refractivity (Wildman–Crippen MR) is 127 cm³/mol. The van der Waals surface area contributed by atoms with Gasteiger partial charge in [-0.25, -0.2) is 9.37 Å². The largest absolute Gasteiger partial charge is 0.419 e. The number of anilines is 2. The van der Waals surface area contributed by atoms with Crippen LogP contribution < -0.4 is 11.1 Å². The number of hydrogen-bond donors (Lipinski definition) is 2. The van der Waals surface area contributed by atoms with Crippen molar-refractivity contribution < 1.29 is 22.4 Å². The first kappa shape index (κ1) is 24.4. The van der Waals surface area contributed by atoms with Crippen LogP contribution >= 0.6 is 11.6 Å². The Morgan fingerprint density at radius 3 is 2.69 bits per heavy atom. The van der Waals surface area contributed by atoms with E-state index in [1.807, 2.05) is 0 Å². The van der Waals surface area contributed by atoms with Gasteiger partial charge < -0.3 is 16.0 Å². The highest BCUT2D eigenvalue weighted by Crippen LogP contribution is 2.54. The highest BCUT2D eigenvalue weighted by molar-refractivity contribution is 6.34. The standard InChI is InChI=1S/C24H23ClF4N6O/c1-34(2)22(36)17-16(30)4-3-14(20(17)26)15-9-31-21-18(19(15)25)23(11-32-21)6-5-13(7-23)35-10-12(8-33-35)24(27,28)29/h3-4,8-10,13H,5-7,11,30H2,1-2H3,(H,31,32). The number of carbonyl (C=O) groups is 1. The van der Waals surface area contributed by atoms with Crippen molar-refractivity contribution in [3.05, 3.63) is 58.3 Å². The third-order valence-electron chi connectivity index (χ3n) is 7.11. The molecule has 1 aliphatic carbocycles. The number of hydrogen-bond acceptors (Lipinski definition) is 5. The van der Waals surface area contributed by atoms with E-state index in [1.54, 1.807) is 0 Å². The third kappa shape index (κ3) is 3.76. The number of benzene rings is 1. The highest BCUT2D eigenvalue weighted by Gasteiger charge is 2.48. The number of aromatic nitrogens is 3. The maximum Gasteiger partial charge on any atom is 0.419 e. The van der Waals surface area contributed by atoms with Crippen LogP contribution in [0.15, 0.2) is 30.7 Å². The molecule has 1 aromatic carbocycles. The number of amides is 1. The predicted octanol–water partition coefficient (Wildman–Crippen LogP) is 5.13. The number of nitrogens with zero attached hydrogens (tertiary/aromatic N) is 4. The van der Waals surface area contributed by atoms with E-state index in [0.717, 1.165) is 12.4 Å². The summed E-state index contributed by atoms with van der Waals surface area (Å²) in [5.74, 6) is -0.814. The minimum Gasteiger partial charge on any atom is -0.398 e. The summed E-state index contributed by atoms with van der Waals surface area (Å²) in [6, 6.07) is 2.65. The molecule has 5 rings (SSSR count). The number of rotatable bonds is 3. The molecule has 2 aromatic heterocycles. The molecule has 2 unspecified atom stereocenters. The van der Waals surface area contributed by atoms with Crippen LogP contribution in [0.5, 0.6) is 0 Å². The van der Waals surface area contributed by atoms with E-state index >= 15 is 4.39 Å². The van der Waals surface area contributed by atoms with Gasteiger partial charge in [0.25, 0.3) is 5.91 Å². The molecule has 2 aliphatic rings. The molecule has 3 heterocycles. The number of carbonyl (C=O) groups excluding carboxylic acids is 1. The van der Waals surface area contributed by atoms with E-state index in [1.165, 1.54) is 42.0 Å². The molecule has 190 valence electrons. The van der Waals surface area contributed by atoms with E-state index in [-0.39, 0.29) is 27.9 Å². The number of nitrogens with two attached hydrogens (primary N) is 1. The minimum absolute atomic E-state index is 0.00871. The Morgan fingerprint density at radius 2 is 2.03 bits per heavy atom. The van der Waals surface area contributed by atoms with Gasteiger partial charge in [-0.05, 0) is 31.4 Å². The molecule has 1 aliphatic heterocycles. The summed E-state index contributed by atoms with van der Waals surface area (Å²) in [5, 5.41) is 7.48. The highest BCUT2D eigenvalue weighted by atomic mass is 35.5. The van der Waals surface area contributed by atoms with E-state index in [2.05, 4.69) is 15.4 Å². The number of alkyl halides is 3. The quantitative estimate of drug-likeness (QED) is 0.368. The van der Waals surface area contributed by atoms with Crippen LogP contribution in [-0.4, -0.2) is 46.2 Å². The molecular formula is C24H23ClF4N6O. The number of nitrogen functional groups attached to an aromatic ring is 1. The molecule has 0 bridgehead atoms. The first-order valence-electron chi connectivity index (χ1n) is 11.3. The lowest BCUT2D eigenvalue weighted by atomic mass is 9.80. The third-order valence-corrected chi connectivity index (χ3v) is 7.50. The fraction of sp³-hybridized carbons (Fsp3) is 0.375. The smallest absolute Gasteiger partial charge is 0.398 e. The fourth-order valence-corrected chi connectivity index (χ4v) is 5.71. The van der Waals surface area contributed by atoms with Crippen molar-refractivity contribution in [1.82, 2.24) is 19.7 Å². The summed E-state index contributed by atoms with van der Waals surface area (Å²) in [4.78, 5) is 18.2. The van der Waals surface area contributed by atoms with Gasteiger partial charge in [0.2, 0.25) is 0 Å². The zero-order chi connectivity index (χ0) is 26.0. The van der Waals surface area contributed by atoms with Crippen molar-refractivity contribution in [3.63, 3.8) is 0 Å². The Hall–Kier alpha value is -3.34. The zero-order valence-corrected chi connectivity index (χ0v) is 20.2. The zero-order valence-electron chi connectivity index (χ0n) is 19.5. The van der Waals surface area contributed by atoms with Gasteiger partial charge in [0.05, 0.1) is 28.4 Å². The van der Waals surface area contributed by atoms with Gasteiger partial charge in [-0.15, -0.1) is 0 Å². The lowest BCUT2D eigenvalue weighted by Crippen LogP contribution is -2.26. The lowest BCUT2D eigenvalue weighted by molar-refractivity contribution is -0.137. The summed E-state index contributed by atoms with van der Waals surface area (Å²) in [7, 11) is 3.00. The van der Waals surface area contributed by atoms with Crippen LogP contribution in [0.2, 0.25) is 5.02 Å². The molecule has 1 amide bonds. The average Bonchev–Trinajstić information content (AvgIpc) is 3.54. The lowest BCUT2D eigenvalue weighted by Gasteiger charge is -2.25. The Morgan fingerprint density at radius 1 is 1.28 bits per heavy atom. The Bertz CT molecular complexity index is 1370. The molecule has 12 heteroatoms. The van der Waals surface area contributed by atoms with Crippen LogP contribution in [0.3, 0.4) is 0 Å². The molecule has 0 saturated heterocycles. The van der Waals surface area contributed by atoms with Crippen molar-refractivity contribution in [3.8, 4) is 11.1 Å². The molecule has 36 heavy (non-hydrogen) atoms. The molecular weight excluding hydrogens is 500 g/mol. The Balaban J connectivity index is 1.54. The fourth-order valence-electron chi connectivity index (χ4n) is 5.27. The molecule has 7 nitrogen and oxygen atoms in total. The average molecular weight is 523 g/mol. The Kier molecular flexibility index (Phi) is 5.66. The maximum absolute atomic E-state index is 15.6. The van der Waals surface area contributed by atoms with Crippen molar-refractivity contribution >= 4 is 29.0 Å². The second-order valence-corrected chi connectivity index (χ2v) is 9.92. The summed E-state index contributed by atoms with van der Waals surface area (Å²) in [5.41, 5.74) is 5.47. The Labute approximate surface area is 209 Å². The van der Waals surface area contributed by atoms with Crippen LogP contribution in [0, 0.1) is 5.82 Å². The van der Waals surface area contributed by atoms with Gasteiger partial charge in [-0.1, -0.05) is 11.6 Å². The van der Waals surface area contributed by atoms with Crippen LogP contribution in [0.25, 0.3) is 11.1 Å². The van der Waals surface area contributed by atoms with Gasteiger partial charge in [0, 0.05) is 60.8 Å². The van der Waals surface area contributed by atoms with Gasteiger partial charge in [-0.3, -0.25) is 9.48 Å². The van der Waals surface area contributed by atoms with Crippen LogP contribution in [0.1, 0.15) is 46.8 Å². The van der Waals surface area contributed by atoms with Gasteiger partial charge in [0.15, 0.2) is 0 Å². The van der Waals surface area contributed by atoms with Crippen molar-refractivity contribution in [1.29, 1.82) is 0 Å². The second kappa shape index (κ2) is 8.36.